The Morgan fingerprint density at radius 1 is 1.17 bits per heavy atom. The minimum atomic E-state index is -0.615. The van der Waals surface area contributed by atoms with E-state index in [1.165, 1.54) is 33.7 Å². The van der Waals surface area contributed by atoms with Crippen molar-refractivity contribution in [2.24, 2.45) is 0 Å². The van der Waals surface area contributed by atoms with Crippen molar-refractivity contribution in [2.45, 2.75) is 11.3 Å². The fourth-order valence-corrected chi connectivity index (χ4v) is 4.63. The highest BCUT2D eigenvalue weighted by Gasteiger charge is 2.13. The van der Waals surface area contributed by atoms with Crippen molar-refractivity contribution in [1.82, 2.24) is 14.5 Å². The summed E-state index contributed by atoms with van der Waals surface area (Å²) in [4.78, 5) is 43.3. The van der Waals surface area contributed by atoms with Crippen LogP contribution in [0.2, 0.25) is 0 Å². The fraction of sp³-hybridized carbons (Fsp3) is 0.100. The topological polar surface area (TPSA) is 96.8 Å². The van der Waals surface area contributed by atoms with E-state index in [-0.39, 0.29) is 17.5 Å². The second-order valence-corrected chi connectivity index (χ2v) is 8.53. The second kappa shape index (κ2) is 8.06. The van der Waals surface area contributed by atoms with Gasteiger partial charge in [-0.15, -0.1) is 11.3 Å². The van der Waals surface area contributed by atoms with Gasteiger partial charge in [0, 0.05) is 6.07 Å². The van der Waals surface area contributed by atoms with Crippen molar-refractivity contribution in [2.75, 3.05) is 11.1 Å². The van der Waals surface area contributed by atoms with Gasteiger partial charge in [-0.3, -0.25) is 14.6 Å². The van der Waals surface area contributed by atoms with Crippen LogP contribution in [0.3, 0.4) is 0 Å². The van der Waals surface area contributed by atoms with Crippen LogP contribution in [0.25, 0.3) is 15.9 Å². The molecule has 2 aromatic carbocycles. The summed E-state index contributed by atoms with van der Waals surface area (Å²) >= 11 is 2.82. The molecule has 0 aliphatic carbocycles. The first-order chi connectivity index (χ1) is 14.0. The number of nitrogens with zero attached hydrogens (tertiary/aromatic N) is 2. The number of anilines is 1. The SMILES string of the molecule is Cc1ccc(-n2c(NC(=O)CSc3nc4ccccc4s3)cc(=O)[nH]c2=O)cc1. The number of amides is 1. The van der Waals surface area contributed by atoms with Crippen LogP contribution in [0.4, 0.5) is 5.82 Å². The van der Waals surface area contributed by atoms with Crippen LogP contribution in [-0.2, 0) is 4.79 Å². The number of aryl methyl sites for hydroxylation is 1. The quantitative estimate of drug-likeness (QED) is 0.480. The molecule has 4 aromatic rings. The number of benzene rings is 2. The van der Waals surface area contributed by atoms with E-state index in [4.69, 9.17) is 0 Å². The maximum atomic E-state index is 12.5. The molecule has 9 heteroatoms. The van der Waals surface area contributed by atoms with Crippen LogP contribution < -0.4 is 16.6 Å². The van der Waals surface area contributed by atoms with Crippen LogP contribution in [0.5, 0.6) is 0 Å². The lowest BCUT2D eigenvalue weighted by Crippen LogP contribution is -2.32. The Kier molecular flexibility index (Phi) is 5.32. The van der Waals surface area contributed by atoms with Crippen molar-refractivity contribution in [3.63, 3.8) is 0 Å². The fourth-order valence-electron chi connectivity index (χ4n) is 2.76. The number of thioether (sulfide) groups is 1. The lowest BCUT2D eigenvalue weighted by Gasteiger charge is -2.13. The van der Waals surface area contributed by atoms with Crippen molar-refractivity contribution < 1.29 is 4.79 Å². The molecule has 0 saturated carbocycles. The second-order valence-electron chi connectivity index (χ2n) is 6.28. The van der Waals surface area contributed by atoms with Crippen molar-refractivity contribution in [3.8, 4) is 5.69 Å². The number of thiazole rings is 1. The molecule has 0 radical (unpaired) electrons. The number of nitrogens with one attached hydrogen (secondary N) is 2. The molecule has 0 unspecified atom stereocenters. The van der Waals surface area contributed by atoms with Gasteiger partial charge in [0.05, 0.1) is 21.7 Å². The summed E-state index contributed by atoms with van der Waals surface area (Å²) in [5, 5.41) is 2.67. The zero-order valence-electron chi connectivity index (χ0n) is 15.3. The highest BCUT2D eigenvalue weighted by atomic mass is 32.2. The molecule has 0 spiro atoms. The third kappa shape index (κ3) is 4.30. The molecule has 2 heterocycles. The molecule has 0 atom stereocenters. The smallest absolute Gasteiger partial charge is 0.311 e. The standard InChI is InChI=1S/C20H16N4O3S2/c1-12-6-8-13(9-7-12)24-16(10-17(25)23-19(24)27)22-18(26)11-28-20-21-14-4-2-3-5-15(14)29-20/h2-10H,11H2,1H3,(H,22,26)(H,23,25,27). The zero-order valence-corrected chi connectivity index (χ0v) is 17.0. The molecule has 0 fully saturated rings. The van der Waals surface area contributed by atoms with Gasteiger partial charge in [-0.2, -0.15) is 0 Å². The number of carbonyl (C=O) groups is 1. The maximum Gasteiger partial charge on any atom is 0.334 e. The van der Waals surface area contributed by atoms with Gasteiger partial charge in [0.2, 0.25) is 5.91 Å². The number of aromatic amines is 1. The molecule has 1 amide bonds. The highest BCUT2D eigenvalue weighted by molar-refractivity contribution is 8.01. The average Bonchev–Trinajstić information content (AvgIpc) is 3.10. The Bertz CT molecular complexity index is 1270. The average molecular weight is 425 g/mol. The summed E-state index contributed by atoms with van der Waals surface area (Å²) in [5.74, 6) is -0.105. The number of H-pyrrole nitrogens is 1. The lowest BCUT2D eigenvalue weighted by molar-refractivity contribution is -0.113. The van der Waals surface area contributed by atoms with E-state index < -0.39 is 11.2 Å². The van der Waals surface area contributed by atoms with Gasteiger partial charge in [0.25, 0.3) is 5.56 Å². The van der Waals surface area contributed by atoms with Crippen LogP contribution in [0.1, 0.15) is 5.56 Å². The maximum absolute atomic E-state index is 12.5. The number of fused-ring (bicyclic) bond motifs is 1. The van der Waals surface area contributed by atoms with E-state index in [0.29, 0.717) is 5.69 Å². The molecular formula is C20H16N4O3S2. The van der Waals surface area contributed by atoms with Crippen LogP contribution >= 0.6 is 23.1 Å². The largest absolute Gasteiger partial charge is 0.334 e. The monoisotopic (exact) mass is 424 g/mol. The first kappa shape index (κ1) is 19.2. The number of aromatic nitrogens is 3. The minimum Gasteiger partial charge on any atom is -0.311 e. The third-order valence-corrected chi connectivity index (χ3v) is 6.28. The van der Waals surface area contributed by atoms with Crippen LogP contribution in [-0.4, -0.2) is 26.2 Å². The first-order valence-electron chi connectivity index (χ1n) is 8.71. The summed E-state index contributed by atoms with van der Waals surface area (Å²) in [6, 6.07) is 16.2. The highest BCUT2D eigenvalue weighted by Crippen LogP contribution is 2.29. The Hall–Kier alpha value is -3.17. The van der Waals surface area contributed by atoms with Gasteiger partial charge < -0.3 is 5.32 Å². The molecular weight excluding hydrogens is 408 g/mol. The summed E-state index contributed by atoms with van der Waals surface area (Å²) in [5.41, 5.74) is 1.28. The minimum absolute atomic E-state index is 0.106. The lowest BCUT2D eigenvalue weighted by atomic mass is 10.2. The van der Waals surface area contributed by atoms with E-state index in [1.54, 1.807) is 12.1 Å². The molecule has 29 heavy (non-hydrogen) atoms. The van der Waals surface area contributed by atoms with E-state index in [0.717, 1.165) is 20.1 Å². The third-order valence-electron chi connectivity index (χ3n) is 4.10. The molecule has 4 rings (SSSR count). The molecule has 0 bridgehead atoms. The molecule has 146 valence electrons. The van der Waals surface area contributed by atoms with Crippen LogP contribution in [0, 0.1) is 6.92 Å². The summed E-state index contributed by atoms with van der Waals surface area (Å²) < 4.78 is 3.10. The number of carbonyl (C=O) groups excluding carboxylic acids is 1. The summed E-state index contributed by atoms with van der Waals surface area (Å²) in [6.45, 7) is 1.93. The van der Waals surface area contributed by atoms with Crippen LogP contribution in [0.15, 0.2) is 68.5 Å². The summed E-state index contributed by atoms with van der Waals surface area (Å²) in [6.07, 6.45) is 0. The van der Waals surface area contributed by atoms with Gasteiger partial charge in [0.15, 0.2) is 4.34 Å². The first-order valence-corrected chi connectivity index (χ1v) is 10.5. The van der Waals surface area contributed by atoms with Gasteiger partial charge >= 0.3 is 5.69 Å². The van der Waals surface area contributed by atoms with Crippen molar-refractivity contribution >= 4 is 45.0 Å². The van der Waals surface area contributed by atoms with Gasteiger partial charge in [0.1, 0.15) is 5.82 Å². The van der Waals surface area contributed by atoms with E-state index >= 15 is 0 Å². The predicted molar refractivity (Wildman–Crippen MR) is 116 cm³/mol. The Morgan fingerprint density at radius 3 is 2.69 bits per heavy atom. The Balaban J connectivity index is 1.55. The molecule has 7 nitrogen and oxygen atoms in total. The predicted octanol–water partition coefficient (Wildman–Crippen LogP) is 3.17. The number of para-hydroxylation sites is 1. The number of hydrogen-bond acceptors (Lipinski definition) is 6. The van der Waals surface area contributed by atoms with E-state index in [2.05, 4.69) is 15.3 Å². The normalized spacial score (nSPS) is 10.9. The molecule has 0 saturated heterocycles. The molecule has 2 N–H and O–H groups in total. The molecule has 0 aliphatic heterocycles. The van der Waals surface area contributed by atoms with Gasteiger partial charge in [-0.25, -0.2) is 14.3 Å². The Labute approximate surface area is 173 Å². The van der Waals surface area contributed by atoms with Gasteiger partial charge in [-0.05, 0) is 31.2 Å². The van der Waals surface area contributed by atoms with Crippen molar-refractivity contribution in [1.29, 1.82) is 0 Å². The summed E-state index contributed by atoms with van der Waals surface area (Å²) in [7, 11) is 0. The van der Waals surface area contributed by atoms with Gasteiger partial charge in [-0.1, -0.05) is 41.6 Å². The number of rotatable bonds is 5. The number of hydrogen-bond donors (Lipinski definition) is 2. The zero-order chi connectivity index (χ0) is 20.4. The van der Waals surface area contributed by atoms with E-state index in [9.17, 15) is 14.4 Å². The Morgan fingerprint density at radius 2 is 1.93 bits per heavy atom. The molecule has 2 aromatic heterocycles. The van der Waals surface area contributed by atoms with Crippen molar-refractivity contribution in [3.05, 3.63) is 81.0 Å². The van der Waals surface area contributed by atoms with E-state index in [1.807, 2.05) is 43.3 Å². The molecule has 0 aliphatic rings.